The molecule has 1 heterocycles. The van der Waals surface area contributed by atoms with Gasteiger partial charge in [0.1, 0.15) is 5.75 Å². The Balaban J connectivity index is 2.10. The fraction of sp³-hybridized carbons (Fsp3) is 0.632. The first-order valence-corrected chi connectivity index (χ1v) is 8.54. The van der Waals surface area contributed by atoms with Crippen LogP contribution in [0.1, 0.15) is 51.6 Å². The van der Waals surface area contributed by atoms with E-state index in [1.165, 1.54) is 12.8 Å². The van der Waals surface area contributed by atoms with Crippen LogP contribution in [0, 0.1) is 5.41 Å². The number of hydrogen-bond donors (Lipinski definition) is 1. The molecule has 1 unspecified atom stereocenters. The lowest BCUT2D eigenvalue weighted by Gasteiger charge is -2.29. The summed E-state index contributed by atoms with van der Waals surface area (Å²) in [6.45, 7) is 9.06. The molecule has 2 rings (SSSR count). The molecule has 4 heteroatoms. The second-order valence-electron chi connectivity index (χ2n) is 7.54. The number of rotatable bonds is 6. The van der Waals surface area contributed by atoms with Crippen LogP contribution in [0.25, 0.3) is 0 Å². The average molecular weight is 318 g/mol. The molecule has 1 aliphatic rings. The molecule has 0 spiro atoms. The van der Waals surface area contributed by atoms with Crippen molar-refractivity contribution in [1.29, 1.82) is 0 Å². The van der Waals surface area contributed by atoms with Crippen LogP contribution in [0.2, 0.25) is 0 Å². The smallest absolute Gasteiger partial charge is 0.220 e. The zero-order valence-electron chi connectivity index (χ0n) is 14.9. The molecule has 0 saturated carbocycles. The van der Waals surface area contributed by atoms with Gasteiger partial charge in [0.15, 0.2) is 0 Å². The summed E-state index contributed by atoms with van der Waals surface area (Å²) in [4.78, 5) is 14.7. The summed E-state index contributed by atoms with van der Waals surface area (Å²) in [7, 11) is 1.71. The van der Waals surface area contributed by atoms with Gasteiger partial charge < -0.3 is 10.1 Å². The number of nitrogens with one attached hydrogen (secondary N) is 1. The maximum Gasteiger partial charge on any atom is 0.220 e. The summed E-state index contributed by atoms with van der Waals surface area (Å²) in [6.07, 6.45) is 2.99. The molecule has 1 atom stereocenters. The zero-order chi connectivity index (χ0) is 16.9. The van der Waals surface area contributed by atoms with Gasteiger partial charge in [-0.1, -0.05) is 39.0 Å². The predicted molar refractivity (Wildman–Crippen MR) is 93.6 cm³/mol. The van der Waals surface area contributed by atoms with Gasteiger partial charge in [-0.15, -0.1) is 0 Å². The molecule has 23 heavy (non-hydrogen) atoms. The molecule has 1 aliphatic heterocycles. The van der Waals surface area contributed by atoms with E-state index in [0.717, 1.165) is 24.4 Å². The number of para-hydroxylation sites is 1. The number of benzene rings is 1. The third kappa shape index (κ3) is 5.24. The first kappa shape index (κ1) is 17.8. The molecular weight excluding hydrogens is 288 g/mol. The van der Waals surface area contributed by atoms with Crippen LogP contribution < -0.4 is 10.1 Å². The van der Waals surface area contributed by atoms with Crippen molar-refractivity contribution in [1.82, 2.24) is 10.2 Å². The molecule has 4 nitrogen and oxygen atoms in total. The Morgan fingerprint density at radius 2 is 1.91 bits per heavy atom. The van der Waals surface area contributed by atoms with E-state index in [-0.39, 0.29) is 17.4 Å². The molecule has 1 aromatic carbocycles. The van der Waals surface area contributed by atoms with Crippen molar-refractivity contribution in [2.75, 3.05) is 26.7 Å². The van der Waals surface area contributed by atoms with Crippen LogP contribution >= 0.6 is 0 Å². The quantitative estimate of drug-likeness (QED) is 0.874. The highest BCUT2D eigenvalue weighted by Gasteiger charge is 2.26. The van der Waals surface area contributed by atoms with Gasteiger partial charge in [0.2, 0.25) is 5.91 Å². The van der Waals surface area contributed by atoms with E-state index in [2.05, 4.69) is 37.1 Å². The Morgan fingerprint density at radius 1 is 1.26 bits per heavy atom. The normalized spacial score (nSPS) is 17.0. The molecule has 1 amide bonds. The summed E-state index contributed by atoms with van der Waals surface area (Å²) < 4.78 is 5.53. The number of carbonyl (C=O) groups excluding carboxylic acids is 1. The Bertz CT molecular complexity index is 516. The van der Waals surface area contributed by atoms with Crippen molar-refractivity contribution in [3.05, 3.63) is 29.8 Å². The van der Waals surface area contributed by atoms with E-state index in [4.69, 9.17) is 4.74 Å². The Morgan fingerprint density at radius 3 is 2.52 bits per heavy atom. The maximum absolute atomic E-state index is 12.2. The van der Waals surface area contributed by atoms with Crippen molar-refractivity contribution < 1.29 is 9.53 Å². The predicted octanol–water partition coefficient (Wildman–Crippen LogP) is 3.38. The second kappa shape index (κ2) is 7.82. The molecular formula is C19H30N2O2. The Hall–Kier alpha value is -1.55. The summed E-state index contributed by atoms with van der Waals surface area (Å²) in [6, 6.07) is 8.31. The van der Waals surface area contributed by atoms with Crippen molar-refractivity contribution in [2.45, 2.75) is 46.1 Å². The van der Waals surface area contributed by atoms with Crippen LogP contribution in [0.15, 0.2) is 24.3 Å². The number of likely N-dealkylation sites (tertiary alicyclic amines) is 1. The number of ether oxygens (including phenoxy) is 1. The lowest BCUT2D eigenvalue weighted by atomic mass is 9.92. The number of amides is 1. The van der Waals surface area contributed by atoms with E-state index in [1.54, 1.807) is 7.11 Å². The summed E-state index contributed by atoms with van der Waals surface area (Å²) >= 11 is 0. The number of carbonyl (C=O) groups is 1. The molecule has 0 aliphatic carbocycles. The van der Waals surface area contributed by atoms with Gasteiger partial charge in [-0.05, 0) is 37.4 Å². The topological polar surface area (TPSA) is 41.6 Å². The zero-order valence-corrected chi connectivity index (χ0v) is 14.9. The summed E-state index contributed by atoms with van der Waals surface area (Å²) in [5.74, 6) is 1.02. The van der Waals surface area contributed by atoms with Crippen LogP contribution in [-0.4, -0.2) is 37.6 Å². The molecule has 0 radical (unpaired) electrons. The van der Waals surface area contributed by atoms with Crippen LogP contribution in [0.3, 0.4) is 0 Å². The fourth-order valence-electron chi connectivity index (χ4n) is 3.19. The molecule has 0 bridgehead atoms. The maximum atomic E-state index is 12.2. The second-order valence-corrected chi connectivity index (χ2v) is 7.54. The van der Waals surface area contributed by atoms with Crippen molar-refractivity contribution in [2.24, 2.45) is 5.41 Å². The Labute approximate surface area is 140 Å². The molecule has 1 fully saturated rings. The van der Waals surface area contributed by atoms with Crippen LogP contribution in [0.4, 0.5) is 0 Å². The molecule has 0 aromatic heterocycles. The SMILES string of the molecule is COc1ccccc1C(CNC(=O)CC(C)(C)C)N1CCCC1. The minimum Gasteiger partial charge on any atom is -0.496 e. The van der Waals surface area contributed by atoms with E-state index in [9.17, 15) is 4.79 Å². The van der Waals surface area contributed by atoms with Crippen LogP contribution in [0.5, 0.6) is 5.75 Å². The lowest BCUT2D eigenvalue weighted by molar-refractivity contribution is -0.123. The lowest BCUT2D eigenvalue weighted by Crippen LogP contribution is -2.38. The van der Waals surface area contributed by atoms with E-state index < -0.39 is 0 Å². The molecule has 1 saturated heterocycles. The molecule has 1 N–H and O–H groups in total. The van der Waals surface area contributed by atoms with E-state index >= 15 is 0 Å². The highest BCUT2D eigenvalue weighted by atomic mass is 16.5. The van der Waals surface area contributed by atoms with Gasteiger partial charge in [0.25, 0.3) is 0 Å². The highest BCUT2D eigenvalue weighted by molar-refractivity contribution is 5.76. The third-order valence-corrected chi connectivity index (χ3v) is 4.26. The monoisotopic (exact) mass is 318 g/mol. The average Bonchev–Trinajstić information content (AvgIpc) is 3.00. The molecule has 1 aromatic rings. The number of methoxy groups -OCH3 is 1. The fourth-order valence-corrected chi connectivity index (χ4v) is 3.19. The number of hydrogen-bond acceptors (Lipinski definition) is 3. The Kier molecular flexibility index (Phi) is 6.05. The van der Waals surface area contributed by atoms with Crippen molar-refractivity contribution in [3.63, 3.8) is 0 Å². The third-order valence-electron chi connectivity index (χ3n) is 4.26. The van der Waals surface area contributed by atoms with Crippen molar-refractivity contribution in [3.8, 4) is 5.75 Å². The molecule has 128 valence electrons. The van der Waals surface area contributed by atoms with Crippen LogP contribution in [-0.2, 0) is 4.79 Å². The summed E-state index contributed by atoms with van der Waals surface area (Å²) in [5.41, 5.74) is 1.17. The first-order chi connectivity index (χ1) is 10.9. The van der Waals surface area contributed by atoms with Gasteiger partial charge in [0.05, 0.1) is 13.2 Å². The van der Waals surface area contributed by atoms with Gasteiger partial charge in [-0.3, -0.25) is 9.69 Å². The highest BCUT2D eigenvalue weighted by Crippen LogP contribution is 2.31. The van der Waals surface area contributed by atoms with Gasteiger partial charge in [-0.2, -0.15) is 0 Å². The van der Waals surface area contributed by atoms with E-state index in [1.807, 2.05) is 18.2 Å². The minimum atomic E-state index is 0.0116. The van der Waals surface area contributed by atoms with Crippen molar-refractivity contribution >= 4 is 5.91 Å². The first-order valence-electron chi connectivity index (χ1n) is 8.54. The minimum absolute atomic E-state index is 0.0116. The summed E-state index contributed by atoms with van der Waals surface area (Å²) in [5, 5.41) is 3.13. The standard InChI is InChI=1S/C19H30N2O2/c1-19(2,3)13-18(22)20-14-16(21-11-7-8-12-21)15-9-5-6-10-17(15)23-4/h5-6,9-10,16H,7-8,11-14H2,1-4H3,(H,20,22). The van der Waals surface area contributed by atoms with E-state index in [0.29, 0.717) is 13.0 Å². The largest absolute Gasteiger partial charge is 0.496 e. The van der Waals surface area contributed by atoms with Gasteiger partial charge in [-0.25, -0.2) is 0 Å². The van der Waals surface area contributed by atoms with Gasteiger partial charge >= 0.3 is 0 Å². The van der Waals surface area contributed by atoms with Gasteiger partial charge in [0, 0.05) is 18.5 Å². The number of nitrogens with zero attached hydrogens (tertiary/aromatic N) is 1.